The third kappa shape index (κ3) is 3.28. The SMILES string of the molecule is Cc1noc(NC(=O)CCOc2ccccc2N)c1C. The van der Waals surface area contributed by atoms with Crippen LogP contribution in [0.15, 0.2) is 28.8 Å². The van der Waals surface area contributed by atoms with Crippen LogP contribution >= 0.6 is 0 Å². The van der Waals surface area contributed by atoms with Crippen molar-refractivity contribution < 1.29 is 14.1 Å². The summed E-state index contributed by atoms with van der Waals surface area (Å²) < 4.78 is 10.5. The highest BCUT2D eigenvalue weighted by molar-refractivity contribution is 5.90. The third-order valence-electron chi connectivity index (χ3n) is 2.92. The number of ether oxygens (including phenoxy) is 1. The third-order valence-corrected chi connectivity index (χ3v) is 2.92. The largest absolute Gasteiger partial charge is 0.491 e. The molecule has 2 rings (SSSR count). The Balaban J connectivity index is 1.81. The molecule has 3 N–H and O–H groups in total. The molecule has 106 valence electrons. The number of aryl methyl sites for hydroxylation is 1. The topological polar surface area (TPSA) is 90.4 Å². The van der Waals surface area contributed by atoms with Crippen molar-refractivity contribution in [2.45, 2.75) is 20.3 Å². The highest BCUT2D eigenvalue weighted by Crippen LogP contribution is 2.20. The number of amides is 1. The molecule has 6 nitrogen and oxygen atoms in total. The van der Waals surface area contributed by atoms with Gasteiger partial charge in [0.25, 0.3) is 0 Å². The first kappa shape index (κ1) is 13.9. The van der Waals surface area contributed by atoms with Gasteiger partial charge in [-0.15, -0.1) is 0 Å². The molecule has 0 bridgehead atoms. The average molecular weight is 275 g/mol. The van der Waals surface area contributed by atoms with Gasteiger partial charge in [-0.25, -0.2) is 0 Å². The van der Waals surface area contributed by atoms with Gasteiger partial charge < -0.3 is 15.0 Å². The molecule has 0 fully saturated rings. The number of nitrogens with zero attached hydrogens (tertiary/aromatic N) is 1. The Morgan fingerprint density at radius 1 is 1.40 bits per heavy atom. The second-order valence-corrected chi connectivity index (χ2v) is 4.41. The normalized spacial score (nSPS) is 10.3. The van der Waals surface area contributed by atoms with E-state index in [9.17, 15) is 4.79 Å². The summed E-state index contributed by atoms with van der Waals surface area (Å²) in [7, 11) is 0. The Morgan fingerprint density at radius 3 is 2.80 bits per heavy atom. The molecule has 20 heavy (non-hydrogen) atoms. The molecule has 0 aliphatic rings. The number of benzene rings is 1. The van der Waals surface area contributed by atoms with Gasteiger partial charge in [0.2, 0.25) is 11.8 Å². The summed E-state index contributed by atoms with van der Waals surface area (Å²) in [6.45, 7) is 3.89. The first-order valence-electron chi connectivity index (χ1n) is 6.28. The van der Waals surface area contributed by atoms with E-state index in [-0.39, 0.29) is 18.9 Å². The van der Waals surface area contributed by atoms with Gasteiger partial charge in [0, 0.05) is 5.56 Å². The Hall–Kier alpha value is -2.50. The molecule has 0 unspecified atom stereocenters. The van der Waals surface area contributed by atoms with Crippen molar-refractivity contribution in [3.63, 3.8) is 0 Å². The quantitative estimate of drug-likeness (QED) is 0.817. The minimum Gasteiger partial charge on any atom is -0.491 e. The molecule has 0 aliphatic heterocycles. The molecule has 2 aromatic rings. The number of nitrogens with two attached hydrogens (primary N) is 1. The molecule has 0 saturated carbocycles. The minimum atomic E-state index is -0.196. The molecular formula is C14H17N3O3. The van der Waals surface area contributed by atoms with Crippen molar-refractivity contribution in [3.8, 4) is 5.75 Å². The lowest BCUT2D eigenvalue weighted by molar-refractivity contribution is -0.116. The van der Waals surface area contributed by atoms with E-state index in [1.165, 1.54) is 0 Å². The number of aromatic nitrogens is 1. The summed E-state index contributed by atoms with van der Waals surface area (Å²) >= 11 is 0. The van der Waals surface area contributed by atoms with Crippen LogP contribution in [-0.4, -0.2) is 17.7 Å². The zero-order chi connectivity index (χ0) is 14.5. The summed E-state index contributed by atoms with van der Waals surface area (Å²) in [5, 5.41) is 6.42. The van der Waals surface area contributed by atoms with E-state index in [0.29, 0.717) is 17.3 Å². The van der Waals surface area contributed by atoms with Crippen LogP contribution < -0.4 is 15.8 Å². The molecule has 1 heterocycles. The van der Waals surface area contributed by atoms with E-state index in [2.05, 4.69) is 10.5 Å². The fraction of sp³-hybridized carbons (Fsp3) is 0.286. The Morgan fingerprint density at radius 2 is 2.15 bits per heavy atom. The standard InChI is InChI=1S/C14H17N3O3/c1-9-10(2)17-20-14(9)16-13(18)7-8-19-12-6-4-3-5-11(12)15/h3-6H,7-8,15H2,1-2H3,(H,16,18). The summed E-state index contributed by atoms with van der Waals surface area (Å²) in [4.78, 5) is 11.7. The predicted octanol–water partition coefficient (Wildman–Crippen LogP) is 2.28. The Bertz CT molecular complexity index is 607. The van der Waals surface area contributed by atoms with E-state index in [4.69, 9.17) is 15.0 Å². The fourth-order valence-corrected chi connectivity index (χ4v) is 1.59. The molecule has 0 saturated heterocycles. The minimum absolute atomic E-state index is 0.196. The van der Waals surface area contributed by atoms with Crippen LogP contribution in [0.1, 0.15) is 17.7 Å². The van der Waals surface area contributed by atoms with Gasteiger partial charge >= 0.3 is 0 Å². The molecule has 0 aliphatic carbocycles. The highest BCUT2D eigenvalue weighted by atomic mass is 16.5. The maximum Gasteiger partial charge on any atom is 0.234 e. The number of nitrogen functional groups attached to an aromatic ring is 1. The van der Waals surface area contributed by atoms with Crippen LogP contribution in [0.4, 0.5) is 11.6 Å². The lowest BCUT2D eigenvalue weighted by atomic mass is 10.3. The van der Waals surface area contributed by atoms with Gasteiger partial charge in [0.15, 0.2) is 0 Å². The average Bonchev–Trinajstić information content (AvgIpc) is 2.73. The predicted molar refractivity (Wildman–Crippen MR) is 75.6 cm³/mol. The van der Waals surface area contributed by atoms with Gasteiger partial charge in [-0.1, -0.05) is 17.3 Å². The van der Waals surface area contributed by atoms with E-state index < -0.39 is 0 Å². The zero-order valence-electron chi connectivity index (χ0n) is 11.5. The van der Waals surface area contributed by atoms with Crippen LogP contribution in [0.5, 0.6) is 5.75 Å². The van der Waals surface area contributed by atoms with Crippen molar-refractivity contribution in [2.24, 2.45) is 0 Å². The molecule has 1 amide bonds. The van der Waals surface area contributed by atoms with Crippen molar-refractivity contribution in [2.75, 3.05) is 17.7 Å². The molecule has 0 spiro atoms. The molecular weight excluding hydrogens is 258 g/mol. The van der Waals surface area contributed by atoms with Crippen LogP contribution in [-0.2, 0) is 4.79 Å². The molecule has 1 aromatic carbocycles. The molecule has 1 aromatic heterocycles. The molecule has 6 heteroatoms. The number of para-hydroxylation sites is 2. The van der Waals surface area contributed by atoms with Crippen LogP contribution in [0, 0.1) is 13.8 Å². The molecule has 0 atom stereocenters. The summed E-state index contributed by atoms with van der Waals surface area (Å²) in [5.74, 6) is 0.762. The molecule has 0 radical (unpaired) electrons. The van der Waals surface area contributed by atoms with Crippen LogP contribution in [0.2, 0.25) is 0 Å². The lowest BCUT2D eigenvalue weighted by Gasteiger charge is -2.08. The van der Waals surface area contributed by atoms with E-state index in [0.717, 1.165) is 11.3 Å². The van der Waals surface area contributed by atoms with E-state index in [1.54, 1.807) is 12.1 Å². The van der Waals surface area contributed by atoms with Crippen molar-refractivity contribution >= 4 is 17.5 Å². The smallest absolute Gasteiger partial charge is 0.234 e. The number of hydrogen-bond donors (Lipinski definition) is 2. The van der Waals surface area contributed by atoms with Crippen LogP contribution in [0.25, 0.3) is 0 Å². The Kier molecular flexibility index (Phi) is 4.24. The van der Waals surface area contributed by atoms with Crippen molar-refractivity contribution in [1.82, 2.24) is 5.16 Å². The number of hydrogen-bond acceptors (Lipinski definition) is 5. The van der Waals surface area contributed by atoms with E-state index in [1.807, 2.05) is 26.0 Å². The second kappa shape index (κ2) is 6.10. The first-order valence-corrected chi connectivity index (χ1v) is 6.28. The maximum absolute atomic E-state index is 11.7. The van der Waals surface area contributed by atoms with Gasteiger partial charge in [-0.3, -0.25) is 10.1 Å². The van der Waals surface area contributed by atoms with Gasteiger partial charge in [0.05, 0.1) is 24.4 Å². The number of rotatable bonds is 5. The highest BCUT2D eigenvalue weighted by Gasteiger charge is 2.11. The van der Waals surface area contributed by atoms with Crippen molar-refractivity contribution in [1.29, 1.82) is 0 Å². The van der Waals surface area contributed by atoms with Gasteiger partial charge in [-0.2, -0.15) is 0 Å². The maximum atomic E-state index is 11.7. The number of carbonyl (C=O) groups excluding carboxylic acids is 1. The van der Waals surface area contributed by atoms with Crippen LogP contribution in [0.3, 0.4) is 0 Å². The Labute approximate surface area is 116 Å². The second-order valence-electron chi connectivity index (χ2n) is 4.41. The zero-order valence-corrected chi connectivity index (χ0v) is 11.5. The summed E-state index contributed by atoms with van der Waals surface area (Å²) in [6, 6.07) is 7.16. The van der Waals surface area contributed by atoms with E-state index >= 15 is 0 Å². The van der Waals surface area contributed by atoms with Gasteiger partial charge in [0.1, 0.15) is 5.75 Å². The fourth-order valence-electron chi connectivity index (χ4n) is 1.59. The number of carbonyl (C=O) groups is 1. The van der Waals surface area contributed by atoms with Crippen molar-refractivity contribution in [3.05, 3.63) is 35.5 Å². The number of anilines is 2. The van der Waals surface area contributed by atoms with Gasteiger partial charge in [-0.05, 0) is 26.0 Å². The summed E-state index contributed by atoms with van der Waals surface area (Å²) in [6.07, 6.45) is 0.202. The monoisotopic (exact) mass is 275 g/mol. The lowest BCUT2D eigenvalue weighted by Crippen LogP contribution is -2.15. The number of nitrogens with one attached hydrogen (secondary N) is 1. The first-order chi connectivity index (χ1) is 9.58. The summed E-state index contributed by atoms with van der Waals surface area (Å²) in [5.41, 5.74) is 7.87.